The Kier molecular flexibility index (Phi) is 3.89. The summed E-state index contributed by atoms with van der Waals surface area (Å²) in [6.07, 6.45) is 6.55. The summed E-state index contributed by atoms with van der Waals surface area (Å²) in [4.78, 5) is 12.6. The predicted octanol–water partition coefficient (Wildman–Crippen LogP) is 4.18. The Bertz CT molecular complexity index is 846. The Morgan fingerprint density at radius 1 is 1.12 bits per heavy atom. The van der Waals surface area contributed by atoms with E-state index in [2.05, 4.69) is 0 Å². The lowest BCUT2D eigenvalue weighted by atomic mass is 9.96. The molecule has 0 aliphatic carbocycles. The quantitative estimate of drug-likeness (QED) is 0.657. The third-order valence-corrected chi connectivity index (χ3v) is 3.77. The number of ether oxygens (including phenoxy) is 1. The van der Waals surface area contributed by atoms with E-state index < -0.39 is 11.4 Å². The van der Waals surface area contributed by atoms with Crippen LogP contribution in [0.1, 0.15) is 35.3 Å². The van der Waals surface area contributed by atoms with Gasteiger partial charge < -0.3 is 14.9 Å². The Labute approximate surface area is 140 Å². The molecule has 2 aromatic carbocycles. The van der Waals surface area contributed by atoms with E-state index in [1.54, 1.807) is 18.2 Å². The third-order valence-electron chi connectivity index (χ3n) is 3.77. The fourth-order valence-corrected chi connectivity index (χ4v) is 2.55. The minimum atomic E-state index is -0.634. The number of hydrogen-bond acceptors (Lipinski definition) is 4. The zero-order valence-corrected chi connectivity index (χ0v) is 13.5. The second-order valence-corrected chi connectivity index (χ2v) is 6.18. The van der Waals surface area contributed by atoms with Crippen LogP contribution in [0.4, 0.5) is 0 Å². The normalized spacial score (nSPS) is 15.1. The van der Waals surface area contributed by atoms with E-state index >= 15 is 0 Å². The molecule has 1 aliphatic heterocycles. The Morgan fingerprint density at radius 3 is 2.54 bits per heavy atom. The Morgan fingerprint density at radius 2 is 1.83 bits per heavy atom. The number of hydrogen-bond donors (Lipinski definition) is 2. The number of ketones is 1. The van der Waals surface area contributed by atoms with Gasteiger partial charge in [0.25, 0.3) is 0 Å². The van der Waals surface area contributed by atoms with Crippen LogP contribution in [0.2, 0.25) is 0 Å². The number of carbonyl (C=O) groups is 1. The second kappa shape index (κ2) is 5.89. The van der Waals surface area contributed by atoms with Crippen molar-refractivity contribution >= 4 is 17.9 Å². The lowest BCUT2D eigenvalue weighted by Gasteiger charge is -2.29. The monoisotopic (exact) mass is 322 g/mol. The molecule has 0 aromatic heterocycles. The summed E-state index contributed by atoms with van der Waals surface area (Å²) in [5.41, 5.74) is 0.681. The first kappa shape index (κ1) is 15.9. The standard InChI is InChI=1S/C20H18O4/c1-20(2)11-10-14-16(22)12-17(23)18(19(14)24-20)15(21)9-8-13-6-4-3-5-7-13/h3-12,22-23H,1-2H3/b9-8+. The van der Waals surface area contributed by atoms with Crippen molar-refractivity contribution in [3.05, 3.63) is 65.2 Å². The van der Waals surface area contributed by atoms with Gasteiger partial charge in [-0.3, -0.25) is 4.79 Å². The number of aromatic hydroxyl groups is 2. The molecule has 0 spiro atoms. The van der Waals surface area contributed by atoms with Crippen LogP contribution in [0.25, 0.3) is 12.2 Å². The van der Waals surface area contributed by atoms with E-state index in [4.69, 9.17) is 4.74 Å². The topological polar surface area (TPSA) is 66.8 Å². The van der Waals surface area contributed by atoms with Gasteiger partial charge in [-0.25, -0.2) is 0 Å². The van der Waals surface area contributed by atoms with Gasteiger partial charge in [0.05, 0.1) is 5.56 Å². The molecule has 4 nitrogen and oxygen atoms in total. The molecule has 122 valence electrons. The van der Waals surface area contributed by atoms with E-state index in [1.165, 1.54) is 6.08 Å². The molecule has 0 fully saturated rings. The molecule has 0 unspecified atom stereocenters. The second-order valence-electron chi connectivity index (χ2n) is 6.18. The van der Waals surface area contributed by atoms with Gasteiger partial charge in [-0.15, -0.1) is 0 Å². The van der Waals surface area contributed by atoms with Gasteiger partial charge in [-0.2, -0.15) is 0 Å². The van der Waals surface area contributed by atoms with Crippen molar-refractivity contribution in [1.82, 2.24) is 0 Å². The average molecular weight is 322 g/mol. The minimum absolute atomic E-state index is 0.0485. The maximum atomic E-state index is 12.6. The molecule has 3 rings (SSSR count). The summed E-state index contributed by atoms with van der Waals surface area (Å²) in [7, 11) is 0. The SMILES string of the molecule is CC1(C)C=Cc2c(O)cc(O)c(C(=O)/C=C/c3ccccc3)c2O1. The third kappa shape index (κ3) is 3.04. The van der Waals surface area contributed by atoms with Crippen LogP contribution in [0, 0.1) is 0 Å². The van der Waals surface area contributed by atoms with Crippen molar-refractivity contribution in [3.8, 4) is 17.2 Å². The number of phenols is 2. The summed E-state index contributed by atoms with van der Waals surface area (Å²) in [5, 5.41) is 20.2. The summed E-state index contributed by atoms with van der Waals surface area (Å²) in [6, 6.07) is 10.6. The maximum absolute atomic E-state index is 12.6. The van der Waals surface area contributed by atoms with Gasteiger partial charge >= 0.3 is 0 Å². The number of rotatable bonds is 3. The van der Waals surface area contributed by atoms with E-state index in [1.807, 2.05) is 44.2 Å². The van der Waals surface area contributed by atoms with Gasteiger partial charge in [0.15, 0.2) is 5.78 Å². The minimum Gasteiger partial charge on any atom is -0.507 e. The Balaban J connectivity index is 2.04. The number of phenolic OH excluding ortho intramolecular Hbond substituents is 2. The molecule has 1 heterocycles. The van der Waals surface area contributed by atoms with Crippen LogP contribution in [0.3, 0.4) is 0 Å². The predicted molar refractivity (Wildman–Crippen MR) is 93.3 cm³/mol. The van der Waals surface area contributed by atoms with Crippen LogP contribution in [-0.2, 0) is 0 Å². The molecule has 1 aliphatic rings. The first-order valence-electron chi connectivity index (χ1n) is 7.62. The zero-order valence-electron chi connectivity index (χ0n) is 13.5. The molecule has 0 radical (unpaired) electrons. The van der Waals surface area contributed by atoms with Crippen LogP contribution < -0.4 is 4.74 Å². The van der Waals surface area contributed by atoms with Crippen LogP contribution in [0.5, 0.6) is 17.2 Å². The fourth-order valence-electron chi connectivity index (χ4n) is 2.55. The molecule has 4 heteroatoms. The largest absolute Gasteiger partial charge is 0.507 e. The van der Waals surface area contributed by atoms with Crippen molar-refractivity contribution in [2.24, 2.45) is 0 Å². The van der Waals surface area contributed by atoms with E-state index in [0.29, 0.717) is 5.56 Å². The Hall–Kier alpha value is -3.01. The van der Waals surface area contributed by atoms with Crippen LogP contribution in [-0.4, -0.2) is 21.6 Å². The van der Waals surface area contributed by atoms with Crippen LogP contribution >= 0.6 is 0 Å². The smallest absolute Gasteiger partial charge is 0.193 e. The van der Waals surface area contributed by atoms with E-state index in [9.17, 15) is 15.0 Å². The summed E-state index contributed by atoms with van der Waals surface area (Å²) < 4.78 is 5.82. The lowest BCUT2D eigenvalue weighted by molar-refractivity contribution is 0.103. The van der Waals surface area contributed by atoms with Crippen molar-refractivity contribution < 1.29 is 19.7 Å². The molecule has 0 amide bonds. The van der Waals surface area contributed by atoms with Crippen LogP contribution in [0.15, 0.2) is 48.6 Å². The zero-order chi connectivity index (χ0) is 17.3. The van der Waals surface area contributed by atoms with Gasteiger partial charge in [0.2, 0.25) is 0 Å². The van der Waals surface area contributed by atoms with E-state index in [-0.39, 0.29) is 22.8 Å². The highest BCUT2D eigenvalue weighted by Gasteiger charge is 2.29. The number of benzene rings is 2. The number of fused-ring (bicyclic) bond motifs is 1. The average Bonchev–Trinajstić information content (AvgIpc) is 2.52. The van der Waals surface area contributed by atoms with E-state index in [0.717, 1.165) is 11.6 Å². The molecule has 0 atom stereocenters. The van der Waals surface area contributed by atoms with Crippen molar-refractivity contribution in [2.45, 2.75) is 19.4 Å². The van der Waals surface area contributed by atoms with Gasteiger partial charge in [-0.05, 0) is 37.6 Å². The summed E-state index contributed by atoms with van der Waals surface area (Å²) >= 11 is 0. The van der Waals surface area contributed by atoms with Gasteiger partial charge in [0.1, 0.15) is 28.4 Å². The van der Waals surface area contributed by atoms with Crippen molar-refractivity contribution in [2.75, 3.05) is 0 Å². The van der Waals surface area contributed by atoms with Gasteiger partial charge in [-0.1, -0.05) is 36.4 Å². The first-order chi connectivity index (χ1) is 11.4. The highest BCUT2D eigenvalue weighted by Crippen LogP contribution is 2.43. The molecular weight excluding hydrogens is 304 g/mol. The summed E-state index contributed by atoms with van der Waals surface area (Å²) in [6.45, 7) is 3.67. The number of carbonyl (C=O) groups excluding carboxylic acids is 1. The highest BCUT2D eigenvalue weighted by atomic mass is 16.5. The molecule has 24 heavy (non-hydrogen) atoms. The lowest BCUT2D eigenvalue weighted by Crippen LogP contribution is -2.28. The fraction of sp³-hybridized carbons (Fsp3) is 0.150. The first-order valence-corrected chi connectivity index (χ1v) is 7.62. The number of allylic oxidation sites excluding steroid dienone is 1. The molecule has 2 aromatic rings. The summed E-state index contributed by atoms with van der Waals surface area (Å²) in [5.74, 6) is -0.626. The van der Waals surface area contributed by atoms with Gasteiger partial charge in [0, 0.05) is 6.07 Å². The molecule has 2 N–H and O–H groups in total. The van der Waals surface area contributed by atoms with Crippen molar-refractivity contribution in [3.63, 3.8) is 0 Å². The molecular formula is C20H18O4. The molecule has 0 saturated heterocycles. The maximum Gasteiger partial charge on any atom is 0.193 e. The molecule has 0 saturated carbocycles. The highest BCUT2D eigenvalue weighted by molar-refractivity contribution is 6.11. The van der Waals surface area contributed by atoms with Crippen molar-refractivity contribution in [1.29, 1.82) is 0 Å². The molecule has 0 bridgehead atoms.